The molecular formula is C25H26N2O3. The number of ether oxygens (including phenoxy) is 1. The van der Waals surface area contributed by atoms with Gasteiger partial charge in [-0.3, -0.25) is 9.59 Å². The molecule has 0 aliphatic rings. The van der Waals surface area contributed by atoms with Gasteiger partial charge in [0.15, 0.2) is 6.61 Å². The van der Waals surface area contributed by atoms with Crippen molar-refractivity contribution in [3.05, 3.63) is 89.5 Å². The van der Waals surface area contributed by atoms with Crippen LogP contribution in [0.2, 0.25) is 0 Å². The minimum atomic E-state index is -0.202. The van der Waals surface area contributed by atoms with Gasteiger partial charge in [-0.15, -0.1) is 0 Å². The number of aryl methyl sites for hydroxylation is 2. The van der Waals surface area contributed by atoms with Crippen LogP contribution >= 0.6 is 0 Å². The van der Waals surface area contributed by atoms with Gasteiger partial charge in [0, 0.05) is 16.9 Å². The highest BCUT2D eigenvalue weighted by Gasteiger charge is 2.11. The maximum absolute atomic E-state index is 12.4. The molecule has 5 nitrogen and oxygen atoms in total. The second-order valence-corrected chi connectivity index (χ2v) is 6.84. The van der Waals surface area contributed by atoms with Crippen LogP contribution < -0.4 is 15.4 Å². The molecule has 0 unspecified atom stereocenters. The fourth-order valence-electron chi connectivity index (χ4n) is 3.15. The lowest BCUT2D eigenvalue weighted by molar-refractivity contribution is -0.118. The summed E-state index contributed by atoms with van der Waals surface area (Å²) in [6.07, 6.45) is 1.70. The molecule has 3 rings (SSSR count). The number of anilines is 2. The molecule has 3 aromatic carbocycles. The van der Waals surface area contributed by atoms with Gasteiger partial charge in [0.05, 0.1) is 0 Å². The Morgan fingerprint density at radius 1 is 0.767 bits per heavy atom. The van der Waals surface area contributed by atoms with Gasteiger partial charge in [0.2, 0.25) is 0 Å². The van der Waals surface area contributed by atoms with Crippen LogP contribution in [0.3, 0.4) is 0 Å². The summed E-state index contributed by atoms with van der Waals surface area (Å²) in [6.45, 7) is 4.05. The fourth-order valence-corrected chi connectivity index (χ4v) is 3.15. The average Bonchev–Trinajstić information content (AvgIpc) is 2.79. The van der Waals surface area contributed by atoms with E-state index in [1.165, 1.54) is 0 Å². The summed E-state index contributed by atoms with van der Waals surface area (Å²) in [5.74, 6) is 0.180. The minimum absolute atomic E-state index is 0.0864. The zero-order valence-corrected chi connectivity index (χ0v) is 17.3. The van der Waals surface area contributed by atoms with Gasteiger partial charge in [-0.25, -0.2) is 0 Å². The summed E-state index contributed by atoms with van der Waals surface area (Å²) in [5.41, 5.74) is 4.36. The van der Waals surface area contributed by atoms with Crippen molar-refractivity contribution in [3.8, 4) is 5.75 Å². The summed E-state index contributed by atoms with van der Waals surface area (Å²) in [4.78, 5) is 24.6. The van der Waals surface area contributed by atoms with E-state index in [1.807, 2.05) is 36.4 Å². The number of carbonyl (C=O) groups excluding carboxylic acids is 2. The Morgan fingerprint density at radius 2 is 1.40 bits per heavy atom. The second kappa shape index (κ2) is 10.3. The maximum atomic E-state index is 12.4. The van der Waals surface area contributed by atoms with E-state index < -0.39 is 0 Å². The lowest BCUT2D eigenvalue weighted by atomic mass is 10.0. The molecule has 0 heterocycles. The number of benzene rings is 3. The van der Waals surface area contributed by atoms with Gasteiger partial charge < -0.3 is 15.4 Å². The Labute approximate surface area is 177 Å². The van der Waals surface area contributed by atoms with Gasteiger partial charge in [0.25, 0.3) is 11.8 Å². The molecule has 0 radical (unpaired) electrons. The van der Waals surface area contributed by atoms with Crippen molar-refractivity contribution >= 4 is 23.2 Å². The molecule has 0 spiro atoms. The molecular weight excluding hydrogens is 376 g/mol. The van der Waals surface area contributed by atoms with Crippen LogP contribution in [0.25, 0.3) is 0 Å². The lowest BCUT2D eigenvalue weighted by Crippen LogP contribution is -2.21. The summed E-state index contributed by atoms with van der Waals surface area (Å²) >= 11 is 0. The Hall–Kier alpha value is -3.60. The highest BCUT2D eigenvalue weighted by Crippen LogP contribution is 2.23. The SMILES string of the molecule is CCc1cccc(CC)c1NC(=O)COc1ccc(NC(=O)c2ccccc2)cc1. The largest absolute Gasteiger partial charge is 0.484 e. The minimum Gasteiger partial charge on any atom is -0.484 e. The zero-order chi connectivity index (χ0) is 21.3. The van der Waals surface area contributed by atoms with E-state index >= 15 is 0 Å². The van der Waals surface area contributed by atoms with Gasteiger partial charge in [-0.1, -0.05) is 50.2 Å². The molecule has 0 saturated carbocycles. The molecule has 0 saturated heterocycles. The first kappa shape index (κ1) is 21.1. The quantitative estimate of drug-likeness (QED) is 0.552. The molecule has 0 aliphatic carbocycles. The summed E-state index contributed by atoms with van der Waals surface area (Å²) < 4.78 is 5.61. The smallest absolute Gasteiger partial charge is 0.262 e. The van der Waals surface area contributed by atoms with Gasteiger partial charge in [-0.2, -0.15) is 0 Å². The van der Waals surface area contributed by atoms with E-state index in [0.717, 1.165) is 29.7 Å². The van der Waals surface area contributed by atoms with Crippen molar-refractivity contribution in [2.75, 3.05) is 17.2 Å². The van der Waals surface area contributed by atoms with Crippen molar-refractivity contribution in [1.29, 1.82) is 0 Å². The fraction of sp³-hybridized carbons (Fsp3) is 0.200. The van der Waals surface area contributed by atoms with Crippen molar-refractivity contribution in [2.45, 2.75) is 26.7 Å². The molecule has 5 heteroatoms. The Bertz CT molecular complexity index is 976. The van der Waals surface area contributed by atoms with Crippen LogP contribution in [0.4, 0.5) is 11.4 Å². The number of hydrogen-bond donors (Lipinski definition) is 2. The van der Waals surface area contributed by atoms with Crippen molar-refractivity contribution < 1.29 is 14.3 Å². The number of nitrogens with one attached hydrogen (secondary N) is 2. The third kappa shape index (κ3) is 5.47. The normalized spacial score (nSPS) is 10.3. The number of para-hydroxylation sites is 1. The van der Waals surface area contributed by atoms with Crippen molar-refractivity contribution in [3.63, 3.8) is 0 Å². The zero-order valence-electron chi connectivity index (χ0n) is 17.3. The molecule has 30 heavy (non-hydrogen) atoms. The number of rotatable bonds is 8. The lowest BCUT2D eigenvalue weighted by Gasteiger charge is -2.15. The Morgan fingerprint density at radius 3 is 2.00 bits per heavy atom. The summed E-state index contributed by atoms with van der Waals surface area (Å²) in [5, 5.41) is 5.82. The van der Waals surface area contributed by atoms with Crippen LogP contribution in [0, 0.1) is 0 Å². The van der Waals surface area contributed by atoms with E-state index in [-0.39, 0.29) is 18.4 Å². The van der Waals surface area contributed by atoms with Crippen LogP contribution in [-0.4, -0.2) is 18.4 Å². The third-order valence-electron chi connectivity index (χ3n) is 4.78. The second-order valence-electron chi connectivity index (χ2n) is 6.84. The maximum Gasteiger partial charge on any atom is 0.262 e. The van der Waals surface area contributed by atoms with Crippen molar-refractivity contribution in [1.82, 2.24) is 0 Å². The standard InChI is InChI=1S/C25H26N2O3/c1-3-18-11-8-12-19(4-2)24(18)27-23(28)17-30-22-15-13-21(14-16-22)26-25(29)20-9-6-5-7-10-20/h5-16H,3-4,17H2,1-2H3,(H,26,29)(H,27,28). The van der Waals surface area contributed by atoms with Gasteiger partial charge in [0.1, 0.15) is 5.75 Å². The summed E-state index contributed by atoms with van der Waals surface area (Å²) in [6, 6.07) is 22.0. The summed E-state index contributed by atoms with van der Waals surface area (Å²) in [7, 11) is 0. The molecule has 0 aromatic heterocycles. The van der Waals surface area contributed by atoms with E-state index in [1.54, 1.807) is 36.4 Å². The molecule has 2 amide bonds. The number of hydrogen-bond acceptors (Lipinski definition) is 3. The predicted octanol–water partition coefficient (Wildman–Crippen LogP) is 5.08. The topological polar surface area (TPSA) is 67.4 Å². The Kier molecular flexibility index (Phi) is 7.22. The number of amides is 2. The molecule has 3 aromatic rings. The first-order valence-electron chi connectivity index (χ1n) is 10.1. The van der Waals surface area contributed by atoms with E-state index in [2.05, 4.69) is 24.5 Å². The van der Waals surface area contributed by atoms with E-state index in [0.29, 0.717) is 17.0 Å². The van der Waals surface area contributed by atoms with Crippen molar-refractivity contribution in [2.24, 2.45) is 0 Å². The molecule has 154 valence electrons. The Balaban J connectivity index is 1.55. The van der Waals surface area contributed by atoms with Gasteiger partial charge >= 0.3 is 0 Å². The highest BCUT2D eigenvalue weighted by molar-refractivity contribution is 6.04. The van der Waals surface area contributed by atoms with Crippen LogP contribution in [0.5, 0.6) is 5.75 Å². The monoisotopic (exact) mass is 402 g/mol. The third-order valence-corrected chi connectivity index (χ3v) is 4.78. The van der Waals surface area contributed by atoms with Crippen LogP contribution in [-0.2, 0) is 17.6 Å². The van der Waals surface area contributed by atoms with Gasteiger partial charge in [-0.05, 0) is 60.4 Å². The average molecular weight is 402 g/mol. The van der Waals surface area contributed by atoms with E-state index in [9.17, 15) is 9.59 Å². The predicted molar refractivity (Wildman–Crippen MR) is 120 cm³/mol. The molecule has 0 bridgehead atoms. The first-order valence-corrected chi connectivity index (χ1v) is 10.1. The molecule has 0 atom stereocenters. The molecule has 0 aliphatic heterocycles. The van der Waals surface area contributed by atoms with Crippen LogP contribution in [0.15, 0.2) is 72.8 Å². The molecule has 2 N–H and O–H groups in total. The van der Waals surface area contributed by atoms with E-state index in [4.69, 9.17) is 4.74 Å². The molecule has 0 fully saturated rings. The van der Waals surface area contributed by atoms with Crippen LogP contribution in [0.1, 0.15) is 35.3 Å². The highest BCUT2D eigenvalue weighted by atomic mass is 16.5. The first-order chi connectivity index (χ1) is 14.6. The number of carbonyl (C=O) groups is 2.